The van der Waals surface area contributed by atoms with Gasteiger partial charge in [0.2, 0.25) is 0 Å². The monoisotopic (exact) mass is 467 g/mol. The molecule has 7 heteroatoms. The summed E-state index contributed by atoms with van der Waals surface area (Å²) in [7, 11) is 0. The van der Waals surface area contributed by atoms with E-state index in [1.165, 1.54) is 17.0 Å². The van der Waals surface area contributed by atoms with E-state index in [1.54, 1.807) is 23.5 Å². The molecule has 0 saturated carbocycles. The van der Waals surface area contributed by atoms with E-state index in [0.29, 0.717) is 0 Å². The predicted molar refractivity (Wildman–Crippen MR) is 88.2 cm³/mol. The number of nitro benzene ring substituents is 1. The highest BCUT2D eigenvalue weighted by atomic mass is 79.9. The van der Waals surface area contributed by atoms with E-state index in [4.69, 9.17) is 0 Å². The summed E-state index contributed by atoms with van der Waals surface area (Å²) in [6.07, 6.45) is 0.789. The van der Waals surface area contributed by atoms with Gasteiger partial charge >= 0.3 is 0 Å². The van der Waals surface area contributed by atoms with Crippen molar-refractivity contribution in [3.8, 4) is 0 Å². The van der Waals surface area contributed by atoms with Crippen LogP contribution in [-0.4, -0.2) is 4.92 Å². The second kappa shape index (κ2) is 6.47. The SMILES string of the molecule is O=[N+]([O-])c1ccc(CC(Br)c2cc(Br)c(Br)s2)cc1. The molecule has 0 fully saturated rings. The molecule has 0 bridgehead atoms. The van der Waals surface area contributed by atoms with E-state index in [1.807, 2.05) is 0 Å². The highest BCUT2D eigenvalue weighted by Gasteiger charge is 2.14. The molecule has 1 aromatic carbocycles. The third-order valence-corrected chi connectivity index (χ3v) is 7.02. The minimum atomic E-state index is -0.386. The molecule has 0 saturated heterocycles. The number of thiophene rings is 1. The van der Waals surface area contributed by atoms with Crippen LogP contribution in [0.25, 0.3) is 0 Å². The van der Waals surface area contributed by atoms with Gasteiger partial charge < -0.3 is 0 Å². The first-order valence-corrected chi connectivity index (χ1v) is 8.61. The van der Waals surface area contributed by atoms with Gasteiger partial charge in [0, 0.05) is 21.5 Å². The first-order valence-electron chi connectivity index (χ1n) is 5.29. The Kier molecular flexibility index (Phi) is 5.16. The van der Waals surface area contributed by atoms with Crippen LogP contribution in [-0.2, 0) is 6.42 Å². The molecule has 0 spiro atoms. The number of nitrogens with zero attached hydrogens (tertiary/aromatic N) is 1. The van der Waals surface area contributed by atoms with Crippen molar-refractivity contribution in [2.45, 2.75) is 11.2 Å². The number of hydrogen-bond donors (Lipinski definition) is 0. The fourth-order valence-corrected chi connectivity index (χ4v) is 4.43. The molecular weight excluding hydrogens is 462 g/mol. The Balaban J connectivity index is 2.10. The van der Waals surface area contributed by atoms with Gasteiger partial charge in [-0.25, -0.2) is 0 Å². The number of rotatable bonds is 4. The van der Waals surface area contributed by atoms with Gasteiger partial charge in [0.25, 0.3) is 5.69 Å². The molecule has 0 radical (unpaired) electrons. The van der Waals surface area contributed by atoms with Gasteiger partial charge in [0.1, 0.15) is 0 Å². The van der Waals surface area contributed by atoms with Gasteiger partial charge in [0.15, 0.2) is 0 Å². The number of benzene rings is 1. The van der Waals surface area contributed by atoms with Gasteiger partial charge in [-0.15, -0.1) is 11.3 Å². The fraction of sp³-hybridized carbons (Fsp3) is 0.167. The highest BCUT2D eigenvalue weighted by Crippen LogP contribution is 2.39. The average Bonchev–Trinajstić information content (AvgIpc) is 2.70. The lowest BCUT2D eigenvalue weighted by Crippen LogP contribution is -1.94. The van der Waals surface area contributed by atoms with Crippen molar-refractivity contribution < 1.29 is 4.92 Å². The predicted octanol–water partition coefficient (Wildman–Crippen LogP) is 5.86. The van der Waals surface area contributed by atoms with Crippen molar-refractivity contribution in [2.24, 2.45) is 0 Å². The second-order valence-corrected chi connectivity index (χ2v) is 8.23. The van der Waals surface area contributed by atoms with Crippen LogP contribution < -0.4 is 0 Å². The molecule has 1 aromatic heterocycles. The summed E-state index contributed by atoms with van der Waals surface area (Å²) >= 11 is 12.3. The molecule has 1 unspecified atom stereocenters. The maximum absolute atomic E-state index is 10.6. The third kappa shape index (κ3) is 3.87. The summed E-state index contributed by atoms with van der Waals surface area (Å²) in [5.41, 5.74) is 1.18. The molecule has 100 valence electrons. The molecule has 3 nitrogen and oxygen atoms in total. The topological polar surface area (TPSA) is 43.1 Å². The van der Waals surface area contributed by atoms with E-state index in [0.717, 1.165) is 20.2 Å². The molecule has 1 heterocycles. The largest absolute Gasteiger partial charge is 0.269 e. The zero-order valence-corrected chi connectivity index (χ0v) is 15.1. The van der Waals surface area contributed by atoms with Gasteiger partial charge in [-0.3, -0.25) is 10.1 Å². The van der Waals surface area contributed by atoms with Gasteiger partial charge in [0.05, 0.1) is 13.5 Å². The second-order valence-electron chi connectivity index (χ2n) is 3.87. The number of non-ortho nitro benzene ring substituents is 1. The lowest BCUT2D eigenvalue weighted by Gasteiger charge is -2.07. The minimum absolute atomic E-state index is 0.122. The molecule has 0 amide bonds. The number of nitro groups is 1. The maximum Gasteiger partial charge on any atom is 0.269 e. The highest BCUT2D eigenvalue weighted by molar-refractivity contribution is 9.13. The summed E-state index contributed by atoms with van der Waals surface area (Å²) < 4.78 is 2.11. The molecule has 2 rings (SSSR count). The van der Waals surface area contributed by atoms with Crippen LogP contribution in [0, 0.1) is 10.1 Å². The van der Waals surface area contributed by atoms with Crippen molar-refractivity contribution >= 4 is 64.8 Å². The molecule has 2 aromatic rings. The first-order chi connectivity index (χ1) is 8.97. The number of alkyl halides is 1. The van der Waals surface area contributed by atoms with Crippen LogP contribution in [0.2, 0.25) is 0 Å². The van der Waals surface area contributed by atoms with E-state index < -0.39 is 0 Å². The Bertz CT molecular complexity index is 578. The standard InChI is InChI=1S/C12H8Br3NO2S/c13-9(11-6-10(14)12(15)19-11)5-7-1-3-8(4-2-7)16(17)18/h1-4,6,9H,5H2. The van der Waals surface area contributed by atoms with E-state index in [2.05, 4.69) is 53.9 Å². The fourth-order valence-electron chi connectivity index (χ4n) is 1.58. The normalized spacial score (nSPS) is 12.4. The number of hydrogen-bond acceptors (Lipinski definition) is 3. The van der Waals surface area contributed by atoms with Crippen LogP contribution >= 0.6 is 59.1 Å². The van der Waals surface area contributed by atoms with Crippen LogP contribution in [0.3, 0.4) is 0 Å². The molecule has 0 aliphatic carbocycles. The van der Waals surface area contributed by atoms with Gasteiger partial charge in [-0.1, -0.05) is 28.1 Å². The van der Waals surface area contributed by atoms with Gasteiger partial charge in [-0.2, -0.15) is 0 Å². The maximum atomic E-state index is 10.6. The lowest BCUT2D eigenvalue weighted by atomic mass is 10.1. The Morgan fingerprint density at radius 2 is 1.89 bits per heavy atom. The summed E-state index contributed by atoms with van der Waals surface area (Å²) in [6.45, 7) is 0. The number of halogens is 3. The van der Waals surface area contributed by atoms with E-state index in [-0.39, 0.29) is 15.4 Å². The van der Waals surface area contributed by atoms with Crippen molar-refractivity contribution in [3.05, 3.63) is 59.1 Å². The van der Waals surface area contributed by atoms with Crippen molar-refractivity contribution in [1.82, 2.24) is 0 Å². The molecular formula is C12H8Br3NO2S. The Hall–Kier alpha value is -0.240. The Morgan fingerprint density at radius 1 is 1.26 bits per heavy atom. The summed E-state index contributed by atoms with van der Waals surface area (Å²) in [4.78, 5) is 11.6. The van der Waals surface area contributed by atoms with Crippen LogP contribution in [0.1, 0.15) is 15.3 Å². The zero-order chi connectivity index (χ0) is 14.0. The third-order valence-electron chi connectivity index (χ3n) is 2.54. The smallest absolute Gasteiger partial charge is 0.258 e. The summed E-state index contributed by atoms with van der Waals surface area (Å²) in [5, 5.41) is 10.6. The van der Waals surface area contributed by atoms with Crippen LogP contribution in [0.5, 0.6) is 0 Å². The van der Waals surface area contributed by atoms with Crippen molar-refractivity contribution in [2.75, 3.05) is 0 Å². The quantitative estimate of drug-likeness (QED) is 0.320. The van der Waals surface area contributed by atoms with E-state index >= 15 is 0 Å². The zero-order valence-electron chi connectivity index (χ0n) is 9.48. The Labute approximate surface area is 139 Å². The van der Waals surface area contributed by atoms with Crippen molar-refractivity contribution in [3.63, 3.8) is 0 Å². The average molecular weight is 470 g/mol. The van der Waals surface area contributed by atoms with E-state index in [9.17, 15) is 10.1 Å². The molecule has 1 atom stereocenters. The molecule has 19 heavy (non-hydrogen) atoms. The summed E-state index contributed by atoms with van der Waals surface area (Å²) in [5.74, 6) is 0. The Morgan fingerprint density at radius 3 is 2.37 bits per heavy atom. The van der Waals surface area contributed by atoms with Crippen LogP contribution in [0.4, 0.5) is 5.69 Å². The molecule has 0 N–H and O–H groups in total. The lowest BCUT2D eigenvalue weighted by molar-refractivity contribution is -0.384. The first kappa shape index (κ1) is 15.2. The molecule has 0 aliphatic heterocycles. The minimum Gasteiger partial charge on any atom is -0.258 e. The van der Waals surface area contributed by atoms with Crippen molar-refractivity contribution in [1.29, 1.82) is 0 Å². The van der Waals surface area contributed by atoms with Gasteiger partial charge in [-0.05, 0) is 49.9 Å². The van der Waals surface area contributed by atoms with Crippen LogP contribution in [0.15, 0.2) is 38.6 Å². The summed E-state index contributed by atoms with van der Waals surface area (Å²) in [6, 6.07) is 8.73. The molecule has 0 aliphatic rings.